The second kappa shape index (κ2) is 5.87. The zero-order valence-electron chi connectivity index (χ0n) is 12.0. The Balaban J connectivity index is 1.76. The number of hydrogen-bond donors (Lipinski definition) is 1. The summed E-state index contributed by atoms with van der Waals surface area (Å²) in [5.41, 5.74) is 0. The highest BCUT2D eigenvalue weighted by atomic mass is 32.1. The van der Waals surface area contributed by atoms with Crippen LogP contribution in [0.1, 0.15) is 55.8 Å². The van der Waals surface area contributed by atoms with Gasteiger partial charge in [0.05, 0.1) is 6.04 Å². The van der Waals surface area contributed by atoms with E-state index in [1.807, 2.05) is 4.68 Å². The number of anilines is 1. The Hall–Kier alpha value is -1.50. The minimum Gasteiger partial charge on any atom is -0.350 e. The van der Waals surface area contributed by atoms with Crippen LogP contribution >= 0.6 is 11.3 Å². The summed E-state index contributed by atoms with van der Waals surface area (Å²) in [6.45, 7) is 5.22. The molecule has 0 saturated carbocycles. The Morgan fingerprint density at radius 1 is 1.35 bits per heavy atom. The molecule has 20 heavy (non-hydrogen) atoms. The van der Waals surface area contributed by atoms with Crippen LogP contribution in [0.4, 0.5) is 5.13 Å². The molecule has 7 heteroatoms. The third-order valence-electron chi connectivity index (χ3n) is 3.46. The van der Waals surface area contributed by atoms with E-state index in [1.165, 1.54) is 0 Å². The Morgan fingerprint density at radius 2 is 2.25 bits per heavy atom. The third-order valence-corrected chi connectivity index (χ3v) is 4.38. The van der Waals surface area contributed by atoms with Gasteiger partial charge in [-0.2, -0.15) is 5.10 Å². The van der Waals surface area contributed by atoms with E-state index >= 15 is 0 Å². The van der Waals surface area contributed by atoms with E-state index in [0.717, 1.165) is 60.4 Å². The molecule has 1 atom stereocenters. The zero-order valence-corrected chi connectivity index (χ0v) is 12.8. The fourth-order valence-corrected chi connectivity index (χ4v) is 3.36. The van der Waals surface area contributed by atoms with Crippen molar-refractivity contribution in [3.63, 3.8) is 0 Å². The van der Waals surface area contributed by atoms with Crippen LogP contribution in [-0.4, -0.2) is 25.0 Å². The highest BCUT2D eigenvalue weighted by Crippen LogP contribution is 2.28. The Bertz CT molecular complexity index is 575. The number of aryl methyl sites for hydroxylation is 3. The Labute approximate surface area is 122 Å². The average Bonchev–Trinajstić information content (AvgIpc) is 3.06. The summed E-state index contributed by atoms with van der Waals surface area (Å²) < 4.78 is 2.04. The average molecular weight is 292 g/mol. The smallest absolute Gasteiger partial charge is 0.206 e. The Kier molecular flexibility index (Phi) is 3.95. The van der Waals surface area contributed by atoms with Crippen LogP contribution in [0.15, 0.2) is 0 Å². The molecule has 0 bridgehead atoms. The van der Waals surface area contributed by atoms with Crippen molar-refractivity contribution in [2.24, 2.45) is 0 Å². The summed E-state index contributed by atoms with van der Waals surface area (Å²) in [6, 6.07) is 0.207. The van der Waals surface area contributed by atoms with Gasteiger partial charge in [-0.3, -0.25) is 0 Å². The lowest BCUT2D eigenvalue weighted by Gasteiger charge is -2.22. The molecule has 1 unspecified atom stereocenters. The highest BCUT2D eigenvalue weighted by Gasteiger charge is 2.24. The molecule has 0 spiro atoms. The predicted octanol–water partition coefficient (Wildman–Crippen LogP) is 2.59. The van der Waals surface area contributed by atoms with Crippen LogP contribution in [0.5, 0.6) is 0 Å². The van der Waals surface area contributed by atoms with Crippen molar-refractivity contribution in [1.29, 1.82) is 0 Å². The van der Waals surface area contributed by atoms with Gasteiger partial charge in [0, 0.05) is 19.4 Å². The van der Waals surface area contributed by atoms with Crippen LogP contribution in [0, 0.1) is 0 Å². The highest BCUT2D eigenvalue weighted by molar-refractivity contribution is 7.15. The predicted molar refractivity (Wildman–Crippen MR) is 78.9 cm³/mol. The monoisotopic (exact) mass is 292 g/mol. The number of aromatic nitrogens is 5. The van der Waals surface area contributed by atoms with Crippen molar-refractivity contribution in [3.05, 3.63) is 16.7 Å². The van der Waals surface area contributed by atoms with Crippen molar-refractivity contribution in [3.8, 4) is 0 Å². The van der Waals surface area contributed by atoms with Crippen LogP contribution in [0.3, 0.4) is 0 Å². The van der Waals surface area contributed by atoms with Gasteiger partial charge in [0.25, 0.3) is 0 Å². The van der Waals surface area contributed by atoms with Gasteiger partial charge in [0.2, 0.25) is 5.13 Å². The number of rotatable bonds is 5. The first-order valence-corrected chi connectivity index (χ1v) is 8.14. The molecular formula is C13H20N6S. The van der Waals surface area contributed by atoms with E-state index in [-0.39, 0.29) is 6.04 Å². The van der Waals surface area contributed by atoms with E-state index < -0.39 is 0 Å². The Morgan fingerprint density at radius 3 is 3.05 bits per heavy atom. The van der Waals surface area contributed by atoms with Gasteiger partial charge in [-0.1, -0.05) is 25.2 Å². The second-order valence-electron chi connectivity index (χ2n) is 5.05. The molecular weight excluding hydrogens is 272 g/mol. The molecule has 6 nitrogen and oxygen atoms in total. The first-order chi connectivity index (χ1) is 9.80. The summed E-state index contributed by atoms with van der Waals surface area (Å²) >= 11 is 1.65. The number of nitrogens with zero attached hydrogens (tertiary/aromatic N) is 5. The van der Waals surface area contributed by atoms with Gasteiger partial charge in [-0.05, 0) is 19.3 Å². The van der Waals surface area contributed by atoms with Crippen LogP contribution in [0.25, 0.3) is 0 Å². The molecule has 0 radical (unpaired) electrons. The quantitative estimate of drug-likeness (QED) is 0.917. The molecule has 2 aromatic rings. The van der Waals surface area contributed by atoms with Gasteiger partial charge in [0.15, 0.2) is 5.82 Å². The summed E-state index contributed by atoms with van der Waals surface area (Å²) in [6.07, 6.45) is 5.18. The standard InChI is InChI=1S/C13H20N6S/c1-3-6-11-16-17-13(20-11)14-9-7-5-8-19-12(9)15-10(4-2)18-19/h9H,3-8H2,1-2H3,(H,14,17). The molecule has 0 amide bonds. The zero-order chi connectivity index (χ0) is 13.9. The topological polar surface area (TPSA) is 68.5 Å². The van der Waals surface area contributed by atoms with E-state index in [2.05, 4.69) is 39.4 Å². The molecule has 1 aliphatic rings. The molecule has 0 aromatic carbocycles. The molecule has 3 rings (SSSR count). The van der Waals surface area contributed by atoms with Gasteiger partial charge in [-0.25, -0.2) is 9.67 Å². The normalized spacial score (nSPS) is 18.0. The molecule has 1 N–H and O–H groups in total. The van der Waals surface area contributed by atoms with Crippen LogP contribution in [-0.2, 0) is 19.4 Å². The molecule has 0 saturated heterocycles. The van der Waals surface area contributed by atoms with Crippen molar-refractivity contribution < 1.29 is 0 Å². The van der Waals surface area contributed by atoms with Crippen molar-refractivity contribution >= 4 is 16.5 Å². The first-order valence-electron chi connectivity index (χ1n) is 7.32. The maximum Gasteiger partial charge on any atom is 0.206 e. The summed E-state index contributed by atoms with van der Waals surface area (Å²) in [5.74, 6) is 1.97. The minimum absolute atomic E-state index is 0.207. The molecule has 0 fully saturated rings. The molecule has 2 aromatic heterocycles. The molecule has 1 aliphatic heterocycles. The minimum atomic E-state index is 0.207. The lowest BCUT2D eigenvalue weighted by Crippen LogP contribution is -2.22. The van der Waals surface area contributed by atoms with E-state index in [4.69, 9.17) is 0 Å². The SMILES string of the molecule is CCCc1nnc(NC2CCCn3nc(CC)nc32)s1. The van der Waals surface area contributed by atoms with Gasteiger partial charge >= 0.3 is 0 Å². The van der Waals surface area contributed by atoms with E-state index in [1.54, 1.807) is 11.3 Å². The molecule has 0 aliphatic carbocycles. The molecule has 108 valence electrons. The van der Waals surface area contributed by atoms with Crippen molar-refractivity contribution in [1.82, 2.24) is 25.0 Å². The number of hydrogen-bond acceptors (Lipinski definition) is 6. The first kappa shape index (κ1) is 13.5. The fourth-order valence-electron chi connectivity index (χ4n) is 2.46. The van der Waals surface area contributed by atoms with Crippen LogP contribution in [0.2, 0.25) is 0 Å². The maximum atomic E-state index is 4.64. The van der Waals surface area contributed by atoms with Gasteiger partial charge < -0.3 is 5.32 Å². The largest absolute Gasteiger partial charge is 0.350 e. The molecule has 3 heterocycles. The second-order valence-corrected chi connectivity index (χ2v) is 6.12. The van der Waals surface area contributed by atoms with E-state index in [0.29, 0.717) is 0 Å². The third kappa shape index (κ3) is 2.67. The lowest BCUT2D eigenvalue weighted by atomic mass is 10.1. The summed E-state index contributed by atoms with van der Waals surface area (Å²) in [4.78, 5) is 4.64. The van der Waals surface area contributed by atoms with Crippen molar-refractivity contribution in [2.45, 2.75) is 58.5 Å². The maximum absolute atomic E-state index is 4.64. The van der Waals surface area contributed by atoms with E-state index in [9.17, 15) is 0 Å². The van der Waals surface area contributed by atoms with Crippen molar-refractivity contribution in [2.75, 3.05) is 5.32 Å². The van der Waals surface area contributed by atoms with Crippen LogP contribution < -0.4 is 5.32 Å². The number of fused-ring (bicyclic) bond motifs is 1. The lowest BCUT2D eigenvalue weighted by molar-refractivity contribution is 0.437. The summed E-state index contributed by atoms with van der Waals surface area (Å²) in [5, 5.41) is 18.4. The van der Waals surface area contributed by atoms with Gasteiger partial charge in [-0.15, -0.1) is 10.2 Å². The van der Waals surface area contributed by atoms with Gasteiger partial charge in [0.1, 0.15) is 10.8 Å². The number of nitrogens with one attached hydrogen (secondary N) is 1. The summed E-state index contributed by atoms with van der Waals surface area (Å²) in [7, 11) is 0. The fraction of sp³-hybridized carbons (Fsp3) is 0.692.